The summed E-state index contributed by atoms with van der Waals surface area (Å²) in [7, 11) is 0. The summed E-state index contributed by atoms with van der Waals surface area (Å²) in [6.07, 6.45) is 7.92. The molecule has 3 rings (SSSR count). The number of anilines is 1. The molecule has 5 heteroatoms. The number of aryl methyl sites for hydroxylation is 1. The Kier molecular flexibility index (Phi) is 4.58. The summed E-state index contributed by atoms with van der Waals surface area (Å²) in [5, 5.41) is 7.81. The third-order valence-electron chi connectivity index (χ3n) is 4.43. The molecule has 1 aliphatic heterocycles. The first kappa shape index (κ1) is 14.6. The molecule has 0 spiro atoms. The van der Waals surface area contributed by atoms with E-state index in [-0.39, 0.29) is 5.56 Å². The van der Waals surface area contributed by atoms with Crippen molar-refractivity contribution in [2.24, 2.45) is 5.92 Å². The molecule has 1 N–H and O–H groups in total. The highest BCUT2D eigenvalue weighted by Gasteiger charge is 2.20. The summed E-state index contributed by atoms with van der Waals surface area (Å²) in [4.78, 5) is 14.5. The highest BCUT2D eigenvalue weighted by molar-refractivity contribution is 5.43. The van der Waals surface area contributed by atoms with E-state index >= 15 is 0 Å². The Morgan fingerprint density at radius 1 is 1.38 bits per heavy atom. The lowest BCUT2D eigenvalue weighted by molar-refractivity contribution is 0.445. The van der Waals surface area contributed by atoms with Gasteiger partial charge in [0.15, 0.2) is 0 Å². The molecule has 0 radical (unpaired) electrons. The third-order valence-corrected chi connectivity index (χ3v) is 4.43. The van der Waals surface area contributed by atoms with E-state index in [1.807, 2.05) is 6.20 Å². The molecule has 1 saturated heterocycles. The fraction of sp³-hybridized carbons (Fsp3) is 0.750. The molecule has 0 aromatic carbocycles. The first-order valence-electron chi connectivity index (χ1n) is 8.28. The van der Waals surface area contributed by atoms with Crippen molar-refractivity contribution < 1.29 is 0 Å². The van der Waals surface area contributed by atoms with E-state index in [9.17, 15) is 4.79 Å². The van der Waals surface area contributed by atoms with E-state index in [2.05, 4.69) is 22.2 Å². The summed E-state index contributed by atoms with van der Waals surface area (Å²) in [5.41, 5.74) is 1.01. The van der Waals surface area contributed by atoms with Gasteiger partial charge in [-0.25, -0.2) is 4.68 Å². The second-order valence-electron chi connectivity index (χ2n) is 6.55. The number of hydrogen-bond acceptors (Lipinski definition) is 4. The summed E-state index contributed by atoms with van der Waals surface area (Å²) < 4.78 is 1.59. The van der Waals surface area contributed by atoms with E-state index in [1.54, 1.807) is 10.7 Å². The molecule has 1 aromatic rings. The lowest BCUT2D eigenvalue weighted by Gasteiger charge is -2.32. The van der Waals surface area contributed by atoms with Crippen LogP contribution in [0.25, 0.3) is 0 Å². The maximum Gasteiger partial charge on any atom is 0.268 e. The Hall–Kier alpha value is -1.36. The van der Waals surface area contributed by atoms with Gasteiger partial charge in [-0.3, -0.25) is 4.79 Å². The van der Waals surface area contributed by atoms with Crippen molar-refractivity contribution in [2.45, 2.75) is 51.6 Å². The summed E-state index contributed by atoms with van der Waals surface area (Å²) in [6.45, 7) is 6.03. The Morgan fingerprint density at radius 2 is 2.24 bits per heavy atom. The van der Waals surface area contributed by atoms with E-state index in [4.69, 9.17) is 0 Å². The molecule has 1 aromatic heterocycles. The van der Waals surface area contributed by atoms with Crippen LogP contribution in [0.1, 0.15) is 39.0 Å². The lowest BCUT2D eigenvalue weighted by Crippen LogP contribution is -2.36. The molecule has 1 atom stereocenters. The molecular formula is C16H26N4O. The van der Waals surface area contributed by atoms with Crippen LogP contribution < -0.4 is 15.8 Å². The molecule has 0 amide bonds. The van der Waals surface area contributed by atoms with Crippen LogP contribution in [0.3, 0.4) is 0 Å². The van der Waals surface area contributed by atoms with Crippen LogP contribution in [0.5, 0.6) is 0 Å². The van der Waals surface area contributed by atoms with Gasteiger partial charge in [-0.1, -0.05) is 6.92 Å². The monoisotopic (exact) mass is 290 g/mol. The maximum atomic E-state index is 12.2. The molecule has 116 valence electrons. The van der Waals surface area contributed by atoms with E-state index in [0.29, 0.717) is 12.5 Å². The minimum atomic E-state index is 0.0251. The normalized spacial score (nSPS) is 22.5. The summed E-state index contributed by atoms with van der Waals surface area (Å²) in [5.74, 6) is 0.703. The van der Waals surface area contributed by atoms with Crippen molar-refractivity contribution in [3.05, 3.63) is 22.6 Å². The molecule has 2 aliphatic rings. The van der Waals surface area contributed by atoms with Crippen LogP contribution in [0, 0.1) is 5.92 Å². The van der Waals surface area contributed by atoms with Gasteiger partial charge in [0.2, 0.25) is 0 Å². The van der Waals surface area contributed by atoms with Gasteiger partial charge < -0.3 is 10.2 Å². The zero-order valence-corrected chi connectivity index (χ0v) is 12.9. The Balaban J connectivity index is 1.55. The Labute approximate surface area is 126 Å². The Morgan fingerprint density at radius 3 is 2.95 bits per heavy atom. The molecule has 1 unspecified atom stereocenters. The number of nitrogens with one attached hydrogen (secondary N) is 1. The van der Waals surface area contributed by atoms with Crippen molar-refractivity contribution in [3.63, 3.8) is 0 Å². The SMILES string of the molecule is CC1CCCN(c2cnn(CCCNC3CC3)c(=O)c2)C1. The van der Waals surface area contributed by atoms with Crippen molar-refractivity contribution in [3.8, 4) is 0 Å². The first-order chi connectivity index (χ1) is 10.2. The van der Waals surface area contributed by atoms with Crippen LogP contribution in [-0.4, -0.2) is 35.5 Å². The van der Waals surface area contributed by atoms with E-state index < -0.39 is 0 Å². The second kappa shape index (κ2) is 6.60. The fourth-order valence-corrected chi connectivity index (χ4v) is 3.01. The van der Waals surface area contributed by atoms with Gasteiger partial charge in [-0.05, 0) is 44.6 Å². The van der Waals surface area contributed by atoms with Crippen LogP contribution >= 0.6 is 0 Å². The number of piperidine rings is 1. The predicted molar refractivity (Wildman–Crippen MR) is 84.7 cm³/mol. The Bertz CT molecular complexity index is 523. The van der Waals surface area contributed by atoms with Gasteiger partial charge in [0.1, 0.15) is 0 Å². The number of hydrogen-bond donors (Lipinski definition) is 1. The molecule has 1 aliphatic carbocycles. The van der Waals surface area contributed by atoms with E-state index in [1.165, 1.54) is 25.7 Å². The largest absolute Gasteiger partial charge is 0.370 e. The lowest BCUT2D eigenvalue weighted by atomic mass is 10.00. The smallest absolute Gasteiger partial charge is 0.268 e. The van der Waals surface area contributed by atoms with Crippen LogP contribution in [0.15, 0.2) is 17.1 Å². The number of rotatable bonds is 6. The molecule has 1 saturated carbocycles. The average Bonchev–Trinajstić information content (AvgIpc) is 3.29. The van der Waals surface area contributed by atoms with Gasteiger partial charge in [-0.2, -0.15) is 5.10 Å². The van der Waals surface area contributed by atoms with Gasteiger partial charge in [-0.15, -0.1) is 0 Å². The first-order valence-corrected chi connectivity index (χ1v) is 8.28. The van der Waals surface area contributed by atoms with Crippen molar-refractivity contribution in [1.82, 2.24) is 15.1 Å². The summed E-state index contributed by atoms with van der Waals surface area (Å²) >= 11 is 0. The standard InChI is InChI=1S/C16H26N4O/c1-13-4-2-8-19(12-13)15-10-16(21)20(18-11-15)9-3-7-17-14-5-6-14/h10-11,13-14,17H,2-9,12H2,1H3. The third kappa shape index (κ3) is 4.06. The van der Waals surface area contributed by atoms with Gasteiger partial charge in [0, 0.05) is 31.7 Å². The second-order valence-corrected chi connectivity index (χ2v) is 6.55. The highest BCUT2D eigenvalue weighted by Crippen LogP contribution is 2.21. The van der Waals surface area contributed by atoms with Gasteiger partial charge in [0.25, 0.3) is 5.56 Å². The van der Waals surface area contributed by atoms with Crippen LogP contribution in [0.4, 0.5) is 5.69 Å². The van der Waals surface area contributed by atoms with Crippen LogP contribution in [0.2, 0.25) is 0 Å². The summed E-state index contributed by atoms with van der Waals surface area (Å²) in [6, 6.07) is 2.48. The molecular weight excluding hydrogens is 264 g/mol. The van der Waals surface area contributed by atoms with Crippen molar-refractivity contribution in [1.29, 1.82) is 0 Å². The number of aromatic nitrogens is 2. The fourth-order valence-electron chi connectivity index (χ4n) is 3.01. The number of nitrogens with zero attached hydrogens (tertiary/aromatic N) is 3. The predicted octanol–water partition coefficient (Wildman–Crippen LogP) is 1.62. The minimum Gasteiger partial charge on any atom is -0.370 e. The molecule has 2 fully saturated rings. The molecule has 5 nitrogen and oxygen atoms in total. The molecule has 2 heterocycles. The van der Waals surface area contributed by atoms with Crippen molar-refractivity contribution >= 4 is 5.69 Å². The zero-order chi connectivity index (χ0) is 14.7. The quantitative estimate of drug-likeness (QED) is 0.809. The molecule has 21 heavy (non-hydrogen) atoms. The molecule has 0 bridgehead atoms. The average molecular weight is 290 g/mol. The highest BCUT2D eigenvalue weighted by atomic mass is 16.1. The minimum absolute atomic E-state index is 0.0251. The topological polar surface area (TPSA) is 50.2 Å². The van der Waals surface area contributed by atoms with Gasteiger partial charge >= 0.3 is 0 Å². The van der Waals surface area contributed by atoms with Crippen LogP contribution in [-0.2, 0) is 6.54 Å². The van der Waals surface area contributed by atoms with Gasteiger partial charge in [0.05, 0.1) is 11.9 Å². The van der Waals surface area contributed by atoms with E-state index in [0.717, 1.165) is 37.8 Å². The maximum absolute atomic E-state index is 12.2. The zero-order valence-electron chi connectivity index (χ0n) is 12.9. The van der Waals surface area contributed by atoms with Crippen molar-refractivity contribution in [2.75, 3.05) is 24.5 Å².